The van der Waals surface area contributed by atoms with E-state index in [1.165, 1.54) is 11.8 Å². The van der Waals surface area contributed by atoms with Crippen molar-refractivity contribution in [1.29, 1.82) is 5.26 Å². The van der Waals surface area contributed by atoms with Gasteiger partial charge in [-0.2, -0.15) is 5.26 Å². The van der Waals surface area contributed by atoms with E-state index in [0.717, 1.165) is 4.90 Å². The van der Waals surface area contributed by atoms with Crippen LogP contribution in [-0.4, -0.2) is 18.4 Å². The third kappa shape index (κ3) is 4.80. The van der Waals surface area contributed by atoms with Gasteiger partial charge in [-0.3, -0.25) is 4.79 Å². The highest BCUT2D eigenvalue weighted by atomic mass is 35.5. The van der Waals surface area contributed by atoms with E-state index in [9.17, 15) is 14.9 Å². The number of ketones is 1. The lowest BCUT2D eigenvalue weighted by molar-refractivity contribution is 0.0471. The lowest BCUT2D eigenvalue weighted by Gasteiger charge is -2.10. The number of ether oxygens (including phenoxy) is 1. The molecule has 0 N–H and O–H groups in total. The van der Waals surface area contributed by atoms with E-state index in [4.69, 9.17) is 16.3 Å². The van der Waals surface area contributed by atoms with Crippen molar-refractivity contribution in [3.05, 3.63) is 94.5 Å². The maximum absolute atomic E-state index is 12.5. The Bertz CT molecular complexity index is 1060. The van der Waals surface area contributed by atoms with E-state index >= 15 is 0 Å². The molecule has 0 saturated heterocycles. The third-order valence-corrected chi connectivity index (χ3v) is 5.24. The number of hydrogen-bond donors (Lipinski definition) is 0. The van der Waals surface area contributed by atoms with Crippen LogP contribution in [0.3, 0.4) is 0 Å². The Hall–Kier alpha value is -3.07. The molecule has 0 heterocycles. The van der Waals surface area contributed by atoms with Gasteiger partial charge in [0.05, 0.1) is 11.1 Å². The molecule has 0 fully saturated rings. The Kier molecular flexibility index (Phi) is 6.49. The Morgan fingerprint density at radius 1 is 0.929 bits per heavy atom. The Morgan fingerprint density at radius 3 is 2.29 bits per heavy atom. The van der Waals surface area contributed by atoms with Crippen LogP contribution in [0, 0.1) is 11.3 Å². The van der Waals surface area contributed by atoms with Crippen molar-refractivity contribution in [2.45, 2.75) is 9.79 Å². The maximum Gasteiger partial charge on any atom is 0.339 e. The molecule has 0 aliphatic heterocycles. The first-order valence-corrected chi connectivity index (χ1v) is 9.50. The molecule has 0 aromatic heterocycles. The molecule has 3 rings (SSSR count). The molecule has 0 spiro atoms. The van der Waals surface area contributed by atoms with E-state index in [-0.39, 0.29) is 12.4 Å². The number of carbonyl (C=O) groups is 2. The minimum absolute atomic E-state index is 0.315. The number of Topliss-reactive ketones (excluding diaryl/α,β-unsaturated/α-hetero) is 1. The zero-order valence-electron chi connectivity index (χ0n) is 14.6. The van der Waals surface area contributed by atoms with E-state index in [2.05, 4.69) is 6.07 Å². The maximum atomic E-state index is 12.5. The van der Waals surface area contributed by atoms with Crippen molar-refractivity contribution < 1.29 is 14.3 Å². The smallest absolute Gasteiger partial charge is 0.339 e. The van der Waals surface area contributed by atoms with Crippen LogP contribution in [0.25, 0.3) is 0 Å². The topological polar surface area (TPSA) is 67.2 Å². The van der Waals surface area contributed by atoms with Gasteiger partial charge in [0.15, 0.2) is 12.4 Å². The number of nitrogens with zero attached hydrogens (tertiary/aromatic N) is 1. The molecule has 138 valence electrons. The molecule has 3 aromatic rings. The average molecular weight is 408 g/mol. The fourth-order valence-electron chi connectivity index (χ4n) is 2.42. The SMILES string of the molecule is N#Cc1ccccc1Sc1ccccc1C(=O)OCC(=O)c1ccc(Cl)cc1. The number of rotatable bonds is 6. The van der Waals surface area contributed by atoms with Crippen molar-refractivity contribution in [1.82, 2.24) is 0 Å². The van der Waals surface area contributed by atoms with Crippen LogP contribution in [0.2, 0.25) is 5.02 Å². The van der Waals surface area contributed by atoms with Gasteiger partial charge in [-0.1, -0.05) is 47.6 Å². The molecule has 0 bridgehead atoms. The largest absolute Gasteiger partial charge is 0.454 e. The number of benzene rings is 3. The first-order valence-electron chi connectivity index (χ1n) is 8.30. The first-order chi connectivity index (χ1) is 13.6. The van der Waals surface area contributed by atoms with E-state index < -0.39 is 5.97 Å². The van der Waals surface area contributed by atoms with E-state index in [0.29, 0.717) is 26.6 Å². The summed E-state index contributed by atoms with van der Waals surface area (Å²) in [5.74, 6) is -0.912. The molecule has 0 amide bonds. The van der Waals surface area contributed by atoms with Crippen LogP contribution < -0.4 is 0 Å². The Morgan fingerprint density at radius 2 is 1.57 bits per heavy atom. The summed E-state index contributed by atoms with van der Waals surface area (Å²) in [6.45, 7) is -0.367. The highest BCUT2D eigenvalue weighted by Gasteiger charge is 2.16. The van der Waals surface area contributed by atoms with Gasteiger partial charge in [-0.05, 0) is 48.5 Å². The first kappa shape index (κ1) is 19.7. The highest BCUT2D eigenvalue weighted by molar-refractivity contribution is 7.99. The fraction of sp³-hybridized carbons (Fsp3) is 0.0455. The molecule has 4 nitrogen and oxygen atoms in total. The molecular formula is C22H14ClNO3S. The molecular weight excluding hydrogens is 394 g/mol. The number of halogens is 1. The van der Waals surface area contributed by atoms with Gasteiger partial charge in [0.1, 0.15) is 6.07 Å². The second kappa shape index (κ2) is 9.23. The summed E-state index contributed by atoms with van der Waals surface area (Å²) in [5.41, 5.74) is 1.28. The predicted octanol–water partition coefficient (Wildman–Crippen LogP) is 5.40. The third-order valence-electron chi connectivity index (χ3n) is 3.83. The molecule has 28 heavy (non-hydrogen) atoms. The van der Waals surface area contributed by atoms with Crippen molar-refractivity contribution in [3.63, 3.8) is 0 Å². The van der Waals surface area contributed by atoms with Gasteiger partial charge in [-0.15, -0.1) is 0 Å². The quantitative estimate of drug-likeness (QED) is 0.404. The van der Waals surface area contributed by atoms with Crippen LogP contribution in [0.4, 0.5) is 0 Å². The van der Waals surface area contributed by atoms with Gasteiger partial charge in [0.2, 0.25) is 0 Å². The summed E-state index contributed by atoms with van der Waals surface area (Å²) in [5, 5.41) is 9.77. The second-order valence-electron chi connectivity index (χ2n) is 5.71. The molecule has 0 saturated carbocycles. The number of esters is 1. The Balaban J connectivity index is 1.73. The van der Waals surface area contributed by atoms with Gasteiger partial charge in [0, 0.05) is 20.4 Å². The second-order valence-corrected chi connectivity index (χ2v) is 7.23. The molecule has 0 atom stereocenters. The number of hydrogen-bond acceptors (Lipinski definition) is 5. The van der Waals surface area contributed by atoms with Gasteiger partial charge >= 0.3 is 5.97 Å². The minimum Gasteiger partial charge on any atom is -0.454 e. The van der Waals surface area contributed by atoms with Crippen LogP contribution in [0.1, 0.15) is 26.3 Å². The summed E-state index contributed by atoms with van der Waals surface area (Å²) in [7, 11) is 0. The van der Waals surface area contributed by atoms with E-state index in [1.807, 2.05) is 12.1 Å². The summed E-state index contributed by atoms with van der Waals surface area (Å²) in [6.07, 6.45) is 0. The standard InChI is InChI=1S/C22H14ClNO3S/c23-17-11-9-15(10-12-17)19(25)14-27-22(26)18-6-2-4-8-21(18)28-20-7-3-1-5-16(20)13-24/h1-12H,14H2. The van der Waals surface area contributed by atoms with Gasteiger partial charge < -0.3 is 4.74 Å². The van der Waals surface area contributed by atoms with Crippen LogP contribution in [-0.2, 0) is 4.74 Å². The normalized spacial score (nSPS) is 10.1. The van der Waals surface area contributed by atoms with Crippen molar-refractivity contribution in [2.24, 2.45) is 0 Å². The monoisotopic (exact) mass is 407 g/mol. The molecule has 0 aliphatic rings. The molecule has 3 aromatic carbocycles. The number of carbonyl (C=O) groups excluding carboxylic acids is 2. The lowest BCUT2D eigenvalue weighted by atomic mass is 10.1. The zero-order chi connectivity index (χ0) is 19.9. The summed E-state index contributed by atoms with van der Waals surface area (Å²) in [4.78, 5) is 26.1. The molecule has 0 aliphatic carbocycles. The van der Waals surface area contributed by atoms with Gasteiger partial charge in [0.25, 0.3) is 0 Å². The summed E-state index contributed by atoms with van der Waals surface area (Å²) < 4.78 is 5.21. The molecule has 6 heteroatoms. The minimum atomic E-state index is -0.597. The van der Waals surface area contributed by atoms with Crippen molar-refractivity contribution >= 4 is 35.1 Å². The summed E-state index contributed by atoms with van der Waals surface area (Å²) in [6, 6.07) is 22.6. The van der Waals surface area contributed by atoms with Crippen LogP contribution in [0.15, 0.2) is 82.6 Å². The molecule has 0 radical (unpaired) electrons. The van der Waals surface area contributed by atoms with Crippen molar-refractivity contribution in [2.75, 3.05) is 6.61 Å². The molecule has 0 unspecified atom stereocenters. The van der Waals surface area contributed by atoms with Crippen LogP contribution in [0.5, 0.6) is 0 Å². The fourth-order valence-corrected chi connectivity index (χ4v) is 3.56. The lowest BCUT2D eigenvalue weighted by Crippen LogP contribution is -2.14. The average Bonchev–Trinajstić information content (AvgIpc) is 2.73. The predicted molar refractivity (Wildman–Crippen MR) is 108 cm³/mol. The highest BCUT2D eigenvalue weighted by Crippen LogP contribution is 2.32. The zero-order valence-corrected chi connectivity index (χ0v) is 16.2. The van der Waals surface area contributed by atoms with Gasteiger partial charge in [-0.25, -0.2) is 4.79 Å². The van der Waals surface area contributed by atoms with E-state index in [1.54, 1.807) is 60.7 Å². The summed E-state index contributed by atoms with van der Waals surface area (Å²) >= 11 is 7.11. The van der Waals surface area contributed by atoms with Crippen molar-refractivity contribution in [3.8, 4) is 6.07 Å². The van der Waals surface area contributed by atoms with Crippen LogP contribution >= 0.6 is 23.4 Å². The Labute approximate surface area is 171 Å². The number of nitriles is 1.